The number of esters is 2. The predicted molar refractivity (Wildman–Crippen MR) is 270 cm³/mol. The SMILES string of the molecule is COc1ccc(COc2c(I)cccc2CN2O[C@@H](CO[Si](C)(C)C(C)(C)C)[C@H]3[C@H](C)OC(=O)[C@H]32)cc1.C[C@@H]1OC(=O)[C@@H]2[C@H]1[C@H](CO[Si](C)(C)C(C)(C)C)ON2Cc1cccc(I)c1O. The number of hydrogen-bond donors (Lipinski definition) is 1. The first kappa shape index (κ1) is 52.0. The van der Waals surface area contributed by atoms with Gasteiger partial charge < -0.3 is 32.9 Å². The maximum atomic E-state index is 12.9. The van der Waals surface area contributed by atoms with Crippen LogP contribution in [0.2, 0.25) is 36.3 Å². The fourth-order valence-electron chi connectivity index (χ4n) is 8.05. The molecule has 3 aromatic carbocycles. The van der Waals surface area contributed by atoms with Crippen LogP contribution in [0, 0.1) is 19.0 Å². The van der Waals surface area contributed by atoms with Crippen molar-refractivity contribution in [3.8, 4) is 17.2 Å². The van der Waals surface area contributed by atoms with E-state index in [9.17, 15) is 14.7 Å². The molecule has 13 nitrogen and oxygen atoms in total. The Morgan fingerprint density at radius 1 is 0.677 bits per heavy atom. The summed E-state index contributed by atoms with van der Waals surface area (Å²) in [6.07, 6.45) is -0.935. The first-order valence-electron chi connectivity index (χ1n) is 22.4. The molecule has 0 aliphatic carbocycles. The molecule has 358 valence electrons. The molecule has 4 saturated heterocycles. The van der Waals surface area contributed by atoms with Crippen LogP contribution in [-0.2, 0) is 57.3 Å². The predicted octanol–water partition coefficient (Wildman–Crippen LogP) is 10.0. The molecule has 17 heteroatoms. The fraction of sp³-hybridized carbons (Fsp3) is 0.583. The van der Waals surface area contributed by atoms with Gasteiger partial charge in [0.25, 0.3) is 0 Å². The highest BCUT2D eigenvalue weighted by Crippen LogP contribution is 2.44. The number of para-hydroxylation sites is 2. The van der Waals surface area contributed by atoms with Crippen LogP contribution in [-0.4, -0.2) is 101 Å². The summed E-state index contributed by atoms with van der Waals surface area (Å²) < 4.78 is 37.4. The van der Waals surface area contributed by atoms with E-state index in [1.807, 2.05) is 74.5 Å². The minimum Gasteiger partial charge on any atom is -0.507 e. The van der Waals surface area contributed by atoms with Crippen LogP contribution in [0.3, 0.4) is 0 Å². The molecule has 8 atom stereocenters. The van der Waals surface area contributed by atoms with Crippen LogP contribution in [0.4, 0.5) is 0 Å². The standard InChI is InChI=1S/C28H38INO6Si.C20H30INO5Si/c1-18-24-23(17-34-37(6,7)28(2,3)4)36-30(25(24)27(31)35-18)15-20-9-8-10-22(29)26(20)33-16-19-11-13-21(32-5)14-12-19;1-12-16-15(11-25-28(5,6)20(2,3)4)27-22(17(16)19(24)26-12)10-13-8-7-9-14(21)18(13)23/h8-14,18,23-25H,15-17H2,1-7H3;7-9,12,15-17,23H,10-11H2,1-6H3/t18-,23-,24+,25-;12-,15-,16+,17-/m00/s1. The maximum Gasteiger partial charge on any atom is 0.326 e. The number of fused-ring (bicyclic) bond motifs is 2. The summed E-state index contributed by atoms with van der Waals surface area (Å²) in [4.78, 5) is 38.0. The molecular weight excluding hydrogens is 1090 g/mol. The number of phenols is 1. The van der Waals surface area contributed by atoms with Crippen molar-refractivity contribution in [2.75, 3.05) is 20.3 Å². The van der Waals surface area contributed by atoms with Crippen LogP contribution in [0.25, 0.3) is 0 Å². The normalized spacial score (nSPS) is 26.0. The number of rotatable bonds is 14. The number of aromatic hydroxyl groups is 1. The molecule has 1 N–H and O–H groups in total. The second-order valence-electron chi connectivity index (χ2n) is 20.5. The quantitative estimate of drug-likeness (QED) is 0.0934. The Balaban J connectivity index is 0.000000224. The van der Waals surface area contributed by atoms with E-state index in [0.29, 0.717) is 32.9 Å². The van der Waals surface area contributed by atoms with Gasteiger partial charge in [0, 0.05) is 11.1 Å². The topological polar surface area (TPSA) is 135 Å². The van der Waals surface area contributed by atoms with E-state index in [0.717, 1.165) is 35.3 Å². The molecule has 65 heavy (non-hydrogen) atoms. The molecule has 0 amide bonds. The number of methoxy groups -OCH3 is 1. The molecule has 0 aromatic heterocycles. The Labute approximate surface area is 414 Å². The number of cyclic esters (lactones) is 2. The van der Waals surface area contributed by atoms with Crippen LogP contribution in [0.1, 0.15) is 72.1 Å². The van der Waals surface area contributed by atoms with E-state index >= 15 is 0 Å². The highest BCUT2D eigenvalue weighted by atomic mass is 127. The van der Waals surface area contributed by atoms with Gasteiger partial charge in [-0.2, -0.15) is 10.1 Å². The van der Waals surface area contributed by atoms with Gasteiger partial charge in [-0.3, -0.25) is 19.3 Å². The molecular formula is C48H68I2N2O11Si2. The van der Waals surface area contributed by atoms with Crippen molar-refractivity contribution >= 4 is 73.8 Å². The summed E-state index contributed by atoms with van der Waals surface area (Å²) in [6, 6.07) is 18.5. The van der Waals surface area contributed by atoms with E-state index in [4.69, 9.17) is 37.5 Å². The lowest BCUT2D eigenvalue weighted by atomic mass is 9.93. The van der Waals surface area contributed by atoms with Crippen molar-refractivity contribution in [2.24, 2.45) is 11.8 Å². The van der Waals surface area contributed by atoms with Crippen molar-refractivity contribution in [1.29, 1.82) is 0 Å². The fourth-order valence-corrected chi connectivity index (χ4v) is 11.3. The number of hydrogen-bond acceptors (Lipinski definition) is 13. The molecule has 3 aromatic rings. The van der Waals surface area contributed by atoms with E-state index in [1.165, 1.54) is 0 Å². The maximum absolute atomic E-state index is 12.9. The van der Waals surface area contributed by atoms with Crippen molar-refractivity contribution in [3.05, 3.63) is 84.5 Å². The average Bonchev–Trinajstić information content (AvgIpc) is 3.95. The lowest BCUT2D eigenvalue weighted by Crippen LogP contribution is -2.44. The molecule has 0 saturated carbocycles. The van der Waals surface area contributed by atoms with Gasteiger partial charge in [-0.25, -0.2) is 0 Å². The van der Waals surface area contributed by atoms with E-state index in [-0.39, 0.29) is 64.0 Å². The lowest BCUT2D eigenvalue weighted by molar-refractivity contribution is -0.195. The molecule has 4 fully saturated rings. The van der Waals surface area contributed by atoms with Crippen LogP contribution < -0.4 is 9.47 Å². The molecule has 0 spiro atoms. The van der Waals surface area contributed by atoms with Gasteiger partial charge in [0.2, 0.25) is 0 Å². The number of halogens is 2. The van der Waals surface area contributed by atoms with Gasteiger partial charge in [-0.1, -0.05) is 77.9 Å². The summed E-state index contributed by atoms with van der Waals surface area (Å²) in [6.45, 7) is 28.1. The molecule has 4 heterocycles. The minimum absolute atomic E-state index is 0.0799. The van der Waals surface area contributed by atoms with Gasteiger partial charge in [-0.05, 0) is 125 Å². The van der Waals surface area contributed by atoms with Gasteiger partial charge in [-0.15, -0.1) is 0 Å². The van der Waals surface area contributed by atoms with Crippen molar-refractivity contribution in [3.63, 3.8) is 0 Å². The number of carbonyl (C=O) groups excluding carboxylic acids is 2. The number of hydroxylamine groups is 4. The molecule has 4 aliphatic heterocycles. The molecule has 0 radical (unpaired) electrons. The Hall–Kier alpha value is -2.35. The third-order valence-corrected chi connectivity index (χ3v) is 24.8. The highest BCUT2D eigenvalue weighted by Gasteiger charge is 2.58. The monoisotopic (exact) mass is 1160 g/mol. The second-order valence-corrected chi connectivity index (χ2v) is 32.5. The zero-order valence-corrected chi connectivity index (χ0v) is 46.4. The first-order chi connectivity index (χ1) is 30.3. The highest BCUT2D eigenvalue weighted by molar-refractivity contribution is 14.1. The third kappa shape index (κ3) is 11.7. The largest absolute Gasteiger partial charge is 0.507 e. The van der Waals surface area contributed by atoms with Gasteiger partial charge in [0.1, 0.15) is 60.4 Å². The number of phenolic OH excluding ortho intramolecular Hbond substituents is 1. The van der Waals surface area contributed by atoms with Crippen molar-refractivity contribution in [1.82, 2.24) is 10.1 Å². The number of benzene rings is 3. The molecule has 0 bridgehead atoms. The van der Waals surface area contributed by atoms with Gasteiger partial charge in [0.05, 0.1) is 52.4 Å². The summed E-state index contributed by atoms with van der Waals surface area (Å²) in [5, 5.41) is 14.0. The van der Waals surface area contributed by atoms with Gasteiger partial charge in [0.15, 0.2) is 16.6 Å². The lowest BCUT2D eigenvalue weighted by Gasteiger charge is -2.37. The van der Waals surface area contributed by atoms with Gasteiger partial charge >= 0.3 is 11.9 Å². The van der Waals surface area contributed by atoms with E-state index < -0.39 is 28.7 Å². The van der Waals surface area contributed by atoms with E-state index in [1.54, 1.807) is 17.2 Å². The number of ether oxygens (including phenoxy) is 4. The Bertz CT molecular complexity index is 2150. The summed E-state index contributed by atoms with van der Waals surface area (Å²) >= 11 is 4.38. The minimum atomic E-state index is -1.97. The molecule has 7 rings (SSSR count). The van der Waals surface area contributed by atoms with Crippen LogP contribution in [0.5, 0.6) is 17.2 Å². The zero-order valence-electron chi connectivity index (χ0n) is 40.1. The Kier molecular flexibility index (Phi) is 16.6. The van der Waals surface area contributed by atoms with E-state index in [2.05, 4.69) is 113 Å². The molecule has 0 unspecified atom stereocenters. The zero-order chi connectivity index (χ0) is 47.8. The second kappa shape index (κ2) is 20.7. The summed E-state index contributed by atoms with van der Waals surface area (Å²) in [5.41, 5.74) is 2.72. The first-order valence-corrected chi connectivity index (χ1v) is 30.4. The third-order valence-electron chi connectivity index (χ3n) is 14.1. The van der Waals surface area contributed by atoms with Crippen LogP contribution >= 0.6 is 45.2 Å². The average molecular weight is 1160 g/mol. The Morgan fingerprint density at radius 2 is 1.12 bits per heavy atom. The summed E-state index contributed by atoms with van der Waals surface area (Å²) in [5.74, 6) is 1.16. The smallest absolute Gasteiger partial charge is 0.326 e. The number of carbonyl (C=O) groups is 2. The van der Waals surface area contributed by atoms with Crippen LogP contribution in [0.15, 0.2) is 60.7 Å². The summed E-state index contributed by atoms with van der Waals surface area (Å²) in [7, 11) is -2.25. The Morgan fingerprint density at radius 3 is 1.58 bits per heavy atom. The molecule has 4 aliphatic rings. The van der Waals surface area contributed by atoms with Crippen molar-refractivity contribution < 1.29 is 52.2 Å². The van der Waals surface area contributed by atoms with Crippen molar-refractivity contribution in [2.45, 2.75) is 148 Å². The number of nitrogens with zero attached hydrogens (tertiary/aromatic N) is 2.